The first-order chi connectivity index (χ1) is 11.6. The van der Waals surface area contributed by atoms with E-state index < -0.39 is 0 Å². The van der Waals surface area contributed by atoms with Crippen LogP contribution in [0.1, 0.15) is 12.0 Å². The lowest BCUT2D eigenvalue weighted by Crippen LogP contribution is -2.51. The largest absolute Gasteiger partial charge is 0.396 e. The van der Waals surface area contributed by atoms with Gasteiger partial charge in [-0.3, -0.25) is 9.69 Å². The summed E-state index contributed by atoms with van der Waals surface area (Å²) in [5.74, 6) is 0.00507. The topological polar surface area (TPSA) is 55.8 Å². The zero-order valence-corrected chi connectivity index (χ0v) is 14.7. The van der Waals surface area contributed by atoms with Crippen molar-refractivity contribution in [2.75, 3.05) is 40.3 Å². The number of nitrogens with one attached hydrogen (secondary N) is 1. The van der Waals surface area contributed by atoms with Crippen molar-refractivity contribution in [1.29, 1.82) is 0 Å². The number of carbonyl (C=O) groups is 1. The van der Waals surface area contributed by atoms with E-state index in [1.807, 2.05) is 43.3 Å². The first kappa shape index (κ1) is 18.6. The number of carbonyl (C=O) groups excluding carboxylic acids is 1. The molecule has 0 bridgehead atoms. The number of rotatable bonds is 7. The molecule has 0 saturated carbocycles. The SMILES string of the molecule is CN(C)C/C=C/C(=O)NC1CCN(Cc2ccccc2)CC1CO. The lowest BCUT2D eigenvalue weighted by Gasteiger charge is -2.38. The highest BCUT2D eigenvalue weighted by atomic mass is 16.3. The number of hydrogen-bond acceptors (Lipinski definition) is 4. The Balaban J connectivity index is 1.84. The maximum absolute atomic E-state index is 12.0. The molecule has 1 aliphatic rings. The standard InChI is InChI=1S/C19H29N3O2/c1-21(2)11-6-9-19(24)20-18-10-12-22(14-17(18)15-23)13-16-7-4-3-5-8-16/h3-9,17-18,23H,10-15H2,1-2H3,(H,20,24)/b9-6+. The number of benzene rings is 1. The number of nitrogens with zero attached hydrogens (tertiary/aromatic N) is 2. The lowest BCUT2D eigenvalue weighted by atomic mass is 9.92. The summed E-state index contributed by atoms with van der Waals surface area (Å²) in [7, 11) is 3.93. The van der Waals surface area contributed by atoms with Gasteiger partial charge in [-0.15, -0.1) is 0 Å². The van der Waals surface area contributed by atoms with Crippen LogP contribution in [0.3, 0.4) is 0 Å². The lowest BCUT2D eigenvalue weighted by molar-refractivity contribution is -0.118. The van der Waals surface area contributed by atoms with Gasteiger partial charge < -0.3 is 15.3 Å². The highest BCUT2D eigenvalue weighted by Crippen LogP contribution is 2.19. The fourth-order valence-corrected chi connectivity index (χ4v) is 3.07. The van der Waals surface area contributed by atoms with Crippen LogP contribution in [-0.4, -0.2) is 67.2 Å². The van der Waals surface area contributed by atoms with E-state index in [9.17, 15) is 9.90 Å². The molecular weight excluding hydrogens is 302 g/mol. The fraction of sp³-hybridized carbons (Fsp3) is 0.526. The molecule has 24 heavy (non-hydrogen) atoms. The van der Waals surface area contributed by atoms with Crippen LogP contribution in [0.4, 0.5) is 0 Å². The normalized spacial score (nSPS) is 22.2. The van der Waals surface area contributed by atoms with Gasteiger partial charge in [-0.05, 0) is 26.1 Å². The van der Waals surface area contributed by atoms with Crippen LogP contribution in [0.25, 0.3) is 0 Å². The van der Waals surface area contributed by atoms with Crippen molar-refractivity contribution in [3.63, 3.8) is 0 Å². The summed E-state index contributed by atoms with van der Waals surface area (Å²) in [4.78, 5) is 16.4. The predicted octanol–water partition coefficient (Wildman–Crippen LogP) is 1.10. The molecule has 0 spiro atoms. The van der Waals surface area contributed by atoms with Gasteiger partial charge in [-0.1, -0.05) is 36.4 Å². The van der Waals surface area contributed by atoms with Gasteiger partial charge in [0, 0.05) is 50.8 Å². The summed E-state index contributed by atoms with van der Waals surface area (Å²) in [6.45, 7) is 3.46. The average Bonchev–Trinajstić information content (AvgIpc) is 2.57. The second-order valence-corrected chi connectivity index (χ2v) is 6.73. The molecule has 5 heteroatoms. The Morgan fingerprint density at radius 3 is 2.79 bits per heavy atom. The van der Waals surface area contributed by atoms with E-state index in [0.29, 0.717) is 0 Å². The van der Waals surface area contributed by atoms with Crippen LogP contribution in [0.5, 0.6) is 0 Å². The minimum absolute atomic E-state index is 0.0403. The van der Waals surface area contributed by atoms with Crippen molar-refractivity contribution >= 4 is 5.91 Å². The van der Waals surface area contributed by atoms with Crippen molar-refractivity contribution in [3.8, 4) is 0 Å². The number of aliphatic hydroxyl groups is 1. The van der Waals surface area contributed by atoms with E-state index in [-0.39, 0.29) is 24.5 Å². The summed E-state index contributed by atoms with van der Waals surface area (Å²) in [6.07, 6.45) is 4.31. The smallest absolute Gasteiger partial charge is 0.243 e. The third-order valence-electron chi connectivity index (χ3n) is 4.37. The van der Waals surface area contributed by atoms with Gasteiger partial charge in [-0.2, -0.15) is 0 Å². The zero-order chi connectivity index (χ0) is 17.4. The van der Waals surface area contributed by atoms with Gasteiger partial charge in [-0.25, -0.2) is 0 Å². The van der Waals surface area contributed by atoms with E-state index in [1.54, 1.807) is 6.08 Å². The van der Waals surface area contributed by atoms with Crippen molar-refractivity contribution in [1.82, 2.24) is 15.1 Å². The Morgan fingerprint density at radius 2 is 2.12 bits per heavy atom. The predicted molar refractivity (Wildman–Crippen MR) is 96.5 cm³/mol. The Kier molecular flexibility index (Phi) is 7.43. The number of likely N-dealkylation sites (tertiary alicyclic amines) is 1. The van der Waals surface area contributed by atoms with Gasteiger partial charge in [0.25, 0.3) is 0 Å². The summed E-state index contributed by atoms with van der Waals surface area (Å²) >= 11 is 0. The summed E-state index contributed by atoms with van der Waals surface area (Å²) in [5, 5.41) is 12.8. The first-order valence-electron chi connectivity index (χ1n) is 8.57. The molecule has 1 amide bonds. The highest BCUT2D eigenvalue weighted by Gasteiger charge is 2.29. The molecule has 2 unspecified atom stereocenters. The van der Waals surface area contributed by atoms with Gasteiger partial charge in [0.2, 0.25) is 5.91 Å². The van der Waals surface area contributed by atoms with Crippen molar-refractivity contribution < 1.29 is 9.90 Å². The first-order valence-corrected chi connectivity index (χ1v) is 8.57. The van der Waals surface area contributed by atoms with Crippen LogP contribution in [-0.2, 0) is 11.3 Å². The van der Waals surface area contributed by atoms with E-state index in [2.05, 4.69) is 22.3 Å². The van der Waals surface area contributed by atoms with Gasteiger partial charge in [0.15, 0.2) is 0 Å². The zero-order valence-electron chi connectivity index (χ0n) is 14.7. The second kappa shape index (κ2) is 9.57. The van der Waals surface area contributed by atoms with Gasteiger partial charge >= 0.3 is 0 Å². The van der Waals surface area contributed by atoms with Crippen LogP contribution in [0.15, 0.2) is 42.5 Å². The van der Waals surface area contributed by atoms with E-state index in [0.717, 1.165) is 32.6 Å². The minimum atomic E-state index is -0.0724. The molecule has 2 N–H and O–H groups in total. The molecule has 0 aliphatic carbocycles. The van der Waals surface area contributed by atoms with E-state index >= 15 is 0 Å². The molecule has 2 rings (SSSR count). The Labute approximate surface area is 145 Å². The number of aliphatic hydroxyl groups excluding tert-OH is 1. The van der Waals surface area contributed by atoms with Crippen molar-refractivity contribution in [2.45, 2.75) is 19.0 Å². The molecule has 1 heterocycles. The molecule has 1 aromatic rings. The molecule has 132 valence electrons. The number of piperidine rings is 1. The quantitative estimate of drug-likeness (QED) is 0.735. The molecule has 0 aromatic heterocycles. The third kappa shape index (κ3) is 6.07. The Bertz CT molecular complexity index is 531. The monoisotopic (exact) mass is 331 g/mol. The van der Waals surface area contributed by atoms with E-state index in [4.69, 9.17) is 0 Å². The van der Waals surface area contributed by atoms with Gasteiger partial charge in [0.1, 0.15) is 0 Å². The average molecular weight is 331 g/mol. The fourth-order valence-electron chi connectivity index (χ4n) is 3.07. The van der Waals surface area contributed by atoms with Crippen molar-refractivity contribution in [3.05, 3.63) is 48.0 Å². The molecule has 0 radical (unpaired) electrons. The molecule has 1 aliphatic heterocycles. The molecule has 1 fully saturated rings. The van der Waals surface area contributed by atoms with Crippen LogP contribution in [0.2, 0.25) is 0 Å². The summed E-state index contributed by atoms with van der Waals surface area (Å²) in [6, 6.07) is 10.4. The summed E-state index contributed by atoms with van der Waals surface area (Å²) in [5.41, 5.74) is 1.28. The van der Waals surface area contributed by atoms with Crippen LogP contribution >= 0.6 is 0 Å². The Morgan fingerprint density at radius 1 is 1.38 bits per heavy atom. The molecule has 2 atom stereocenters. The highest BCUT2D eigenvalue weighted by molar-refractivity contribution is 5.87. The maximum atomic E-state index is 12.0. The molecule has 1 saturated heterocycles. The number of amides is 1. The second-order valence-electron chi connectivity index (χ2n) is 6.73. The summed E-state index contributed by atoms with van der Waals surface area (Å²) < 4.78 is 0. The molecule has 5 nitrogen and oxygen atoms in total. The van der Waals surface area contributed by atoms with Crippen LogP contribution in [0, 0.1) is 5.92 Å². The number of hydrogen-bond donors (Lipinski definition) is 2. The van der Waals surface area contributed by atoms with Gasteiger partial charge in [0.05, 0.1) is 0 Å². The Hall–Kier alpha value is -1.69. The van der Waals surface area contributed by atoms with E-state index in [1.165, 1.54) is 5.56 Å². The number of likely N-dealkylation sites (N-methyl/N-ethyl adjacent to an activating group) is 1. The van der Waals surface area contributed by atoms with Crippen molar-refractivity contribution in [2.24, 2.45) is 5.92 Å². The molecular formula is C19H29N3O2. The minimum Gasteiger partial charge on any atom is -0.396 e. The maximum Gasteiger partial charge on any atom is 0.243 e. The van der Waals surface area contributed by atoms with Crippen LogP contribution < -0.4 is 5.32 Å². The third-order valence-corrected chi connectivity index (χ3v) is 4.37. The molecule has 1 aromatic carbocycles.